The number of nitrogens with zero attached hydrogens (tertiary/aromatic N) is 2. The number of ether oxygens (including phenoxy) is 1. The van der Waals surface area contributed by atoms with E-state index in [0.29, 0.717) is 29.8 Å². The van der Waals surface area contributed by atoms with Gasteiger partial charge in [0.1, 0.15) is 11.8 Å². The molecule has 0 atom stereocenters. The molecule has 0 bridgehead atoms. The van der Waals surface area contributed by atoms with Crippen molar-refractivity contribution in [1.29, 1.82) is 5.26 Å². The molecule has 1 aliphatic rings. The largest absolute Gasteiger partial charge is 0.497 e. The fourth-order valence-electron chi connectivity index (χ4n) is 3.80. The van der Waals surface area contributed by atoms with Crippen molar-refractivity contribution in [1.82, 2.24) is 0 Å². The summed E-state index contributed by atoms with van der Waals surface area (Å²) in [5.41, 5.74) is 0.752. The number of nitriles is 1. The van der Waals surface area contributed by atoms with Gasteiger partial charge in [0.2, 0.25) is 5.91 Å². The zero-order valence-electron chi connectivity index (χ0n) is 15.6. The van der Waals surface area contributed by atoms with Crippen LogP contribution in [0.3, 0.4) is 0 Å². The average Bonchev–Trinajstić information content (AvgIpc) is 2.74. The molecule has 1 fully saturated rings. The molecule has 1 amide bonds. The molecule has 2 aromatic rings. The van der Waals surface area contributed by atoms with Crippen molar-refractivity contribution in [2.24, 2.45) is 0 Å². The van der Waals surface area contributed by atoms with Crippen molar-refractivity contribution in [3.63, 3.8) is 0 Å². The maximum absolute atomic E-state index is 13.3. The topological polar surface area (TPSA) is 105 Å². The van der Waals surface area contributed by atoms with Crippen LogP contribution in [-0.2, 0) is 10.2 Å². The number of nitro groups is 1. The van der Waals surface area contributed by atoms with E-state index >= 15 is 0 Å². The third-order valence-electron chi connectivity index (χ3n) is 5.37. The minimum atomic E-state index is -0.764. The van der Waals surface area contributed by atoms with Crippen molar-refractivity contribution in [3.05, 3.63) is 63.7 Å². The standard InChI is InChI=1S/C21H21N3O4/c1-28-18-9-10-19(15(13-18)14-22)23-20(25)21(11-3-2-4-12-21)16-5-7-17(8-6-16)24(26)27/h5-10,13H,2-4,11-12H2,1H3,(H,23,25). The number of carbonyl (C=O) groups is 1. The van der Waals surface area contributed by atoms with Crippen LogP contribution < -0.4 is 10.1 Å². The molecule has 0 aliphatic heterocycles. The second-order valence-corrected chi connectivity index (χ2v) is 6.92. The third-order valence-corrected chi connectivity index (χ3v) is 5.37. The number of nitrogens with one attached hydrogen (secondary N) is 1. The molecule has 0 aromatic heterocycles. The lowest BCUT2D eigenvalue weighted by Crippen LogP contribution is -2.42. The number of rotatable bonds is 5. The van der Waals surface area contributed by atoms with E-state index < -0.39 is 10.3 Å². The van der Waals surface area contributed by atoms with Gasteiger partial charge in [-0.2, -0.15) is 5.26 Å². The highest BCUT2D eigenvalue weighted by molar-refractivity contribution is 6.00. The molecule has 0 saturated heterocycles. The Kier molecular flexibility index (Phi) is 5.59. The summed E-state index contributed by atoms with van der Waals surface area (Å²) in [6, 6.07) is 13.2. The van der Waals surface area contributed by atoms with Gasteiger partial charge in [-0.25, -0.2) is 0 Å². The number of carbonyl (C=O) groups excluding carboxylic acids is 1. The molecule has 3 rings (SSSR count). The van der Waals surface area contributed by atoms with Crippen LogP contribution in [0.2, 0.25) is 0 Å². The minimum absolute atomic E-state index is 0.00274. The van der Waals surface area contributed by atoms with Crippen LogP contribution in [0.4, 0.5) is 11.4 Å². The highest BCUT2D eigenvalue weighted by atomic mass is 16.6. The number of non-ortho nitro benzene ring substituents is 1. The van der Waals surface area contributed by atoms with E-state index in [1.165, 1.54) is 19.2 Å². The van der Waals surface area contributed by atoms with E-state index in [1.54, 1.807) is 30.3 Å². The molecule has 0 heterocycles. The monoisotopic (exact) mass is 379 g/mol. The highest BCUT2D eigenvalue weighted by Gasteiger charge is 2.41. The lowest BCUT2D eigenvalue weighted by molar-refractivity contribution is -0.384. The first-order valence-corrected chi connectivity index (χ1v) is 9.15. The summed E-state index contributed by atoms with van der Waals surface area (Å²) < 4.78 is 5.13. The maximum Gasteiger partial charge on any atom is 0.269 e. The molecule has 0 spiro atoms. The van der Waals surface area contributed by atoms with E-state index in [-0.39, 0.29) is 11.6 Å². The minimum Gasteiger partial charge on any atom is -0.497 e. The van der Waals surface area contributed by atoms with Crippen LogP contribution in [-0.4, -0.2) is 17.9 Å². The number of benzene rings is 2. The summed E-state index contributed by atoms with van der Waals surface area (Å²) in [5.74, 6) is 0.347. The summed E-state index contributed by atoms with van der Waals surface area (Å²) >= 11 is 0. The highest BCUT2D eigenvalue weighted by Crippen LogP contribution is 2.41. The number of anilines is 1. The Morgan fingerprint density at radius 2 is 1.86 bits per heavy atom. The van der Waals surface area contributed by atoms with E-state index in [4.69, 9.17) is 4.74 Å². The van der Waals surface area contributed by atoms with E-state index in [2.05, 4.69) is 11.4 Å². The summed E-state index contributed by atoms with van der Waals surface area (Å²) in [4.78, 5) is 23.8. The fraction of sp³-hybridized carbons (Fsp3) is 0.333. The predicted molar refractivity (Wildman–Crippen MR) is 104 cm³/mol. The molecule has 0 unspecified atom stereocenters. The normalized spacial score (nSPS) is 15.3. The van der Waals surface area contributed by atoms with E-state index in [1.807, 2.05) is 0 Å². The Morgan fingerprint density at radius 1 is 1.18 bits per heavy atom. The van der Waals surface area contributed by atoms with Crippen LogP contribution >= 0.6 is 0 Å². The van der Waals surface area contributed by atoms with Gasteiger partial charge in [0, 0.05) is 12.1 Å². The number of amides is 1. The first-order valence-electron chi connectivity index (χ1n) is 9.15. The van der Waals surface area contributed by atoms with Crippen molar-refractivity contribution in [3.8, 4) is 11.8 Å². The average molecular weight is 379 g/mol. The summed E-state index contributed by atoms with van der Waals surface area (Å²) in [5, 5.41) is 23.3. The molecule has 0 radical (unpaired) electrons. The van der Waals surface area contributed by atoms with E-state index in [0.717, 1.165) is 24.8 Å². The summed E-state index contributed by atoms with van der Waals surface area (Å²) in [7, 11) is 1.51. The lowest BCUT2D eigenvalue weighted by atomic mass is 9.68. The molecule has 1 N–H and O–H groups in total. The van der Waals surface area contributed by atoms with Crippen LogP contribution in [0.15, 0.2) is 42.5 Å². The van der Waals surface area contributed by atoms with Crippen LogP contribution in [0.25, 0.3) is 0 Å². The molecule has 28 heavy (non-hydrogen) atoms. The molecule has 1 saturated carbocycles. The SMILES string of the molecule is COc1ccc(NC(=O)C2(c3ccc([N+](=O)[O-])cc3)CCCCC2)c(C#N)c1. The second kappa shape index (κ2) is 8.09. The Bertz CT molecular complexity index is 926. The summed E-state index contributed by atoms with van der Waals surface area (Å²) in [6.07, 6.45) is 4.17. The van der Waals surface area contributed by atoms with Crippen molar-refractivity contribution >= 4 is 17.3 Å². The van der Waals surface area contributed by atoms with Gasteiger partial charge in [0.15, 0.2) is 0 Å². The van der Waals surface area contributed by atoms with Gasteiger partial charge in [0.25, 0.3) is 5.69 Å². The second-order valence-electron chi connectivity index (χ2n) is 6.92. The molecular weight excluding hydrogens is 358 g/mol. The van der Waals surface area contributed by atoms with Gasteiger partial charge in [-0.3, -0.25) is 14.9 Å². The number of hydrogen-bond donors (Lipinski definition) is 1. The zero-order valence-corrected chi connectivity index (χ0v) is 15.6. The van der Waals surface area contributed by atoms with Gasteiger partial charge in [-0.15, -0.1) is 0 Å². The van der Waals surface area contributed by atoms with Crippen LogP contribution in [0, 0.1) is 21.4 Å². The molecule has 7 heteroatoms. The molecule has 144 valence electrons. The smallest absolute Gasteiger partial charge is 0.269 e. The molecule has 1 aliphatic carbocycles. The third kappa shape index (κ3) is 3.67. The Balaban J connectivity index is 1.95. The van der Waals surface area contributed by atoms with Crippen LogP contribution in [0.1, 0.15) is 43.2 Å². The number of methoxy groups -OCH3 is 1. The quantitative estimate of drug-likeness (QED) is 0.615. The predicted octanol–water partition coefficient (Wildman–Crippen LogP) is 4.32. The van der Waals surface area contributed by atoms with Gasteiger partial charge in [-0.05, 0) is 36.6 Å². The van der Waals surface area contributed by atoms with Crippen molar-refractivity contribution < 1.29 is 14.5 Å². The van der Waals surface area contributed by atoms with Gasteiger partial charge >= 0.3 is 0 Å². The molecule has 7 nitrogen and oxygen atoms in total. The Labute approximate surface area is 163 Å². The molecule has 2 aromatic carbocycles. The summed E-state index contributed by atoms with van der Waals surface area (Å²) in [6.45, 7) is 0. The first-order chi connectivity index (χ1) is 13.5. The van der Waals surface area contributed by atoms with E-state index in [9.17, 15) is 20.2 Å². The number of hydrogen-bond acceptors (Lipinski definition) is 5. The zero-order chi connectivity index (χ0) is 20.1. The maximum atomic E-state index is 13.3. The Morgan fingerprint density at radius 3 is 2.43 bits per heavy atom. The number of nitro benzene ring substituents is 1. The fourth-order valence-corrected chi connectivity index (χ4v) is 3.80. The van der Waals surface area contributed by atoms with Crippen molar-refractivity contribution in [2.75, 3.05) is 12.4 Å². The van der Waals surface area contributed by atoms with Crippen LogP contribution in [0.5, 0.6) is 5.75 Å². The first kappa shape index (κ1) is 19.4. The Hall–Kier alpha value is -3.40. The van der Waals surface area contributed by atoms with Gasteiger partial charge < -0.3 is 10.1 Å². The van der Waals surface area contributed by atoms with Gasteiger partial charge in [-0.1, -0.05) is 31.4 Å². The lowest BCUT2D eigenvalue weighted by Gasteiger charge is -2.36. The van der Waals surface area contributed by atoms with Gasteiger partial charge in [0.05, 0.1) is 28.7 Å². The molecular formula is C21H21N3O4. The van der Waals surface area contributed by atoms with Crippen molar-refractivity contribution in [2.45, 2.75) is 37.5 Å².